The van der Waals surface area contributed by atoms with Crippen molar-refractivity contribution >= 4 is 27.7 Å². The molecule has 0 fully saturated rings. The van der Waals surface area contributed by atoms with Crippen LogP contribution < -0.4 is 10.5 Å². The number of aromatic nitrogens is 1. The number of benzene rings is 4. The van der Waals surface area contributed by atoms with Crippen molar-refractivity contribution in [1.82, 2.24) is 4.57 Å². The van der Waals surface area contributed by atoms with E-state index in [4.69, 9.17) is 10.5 Å². The number of primary amides is 1. The zero-order chi connectivity index (χ0) is 24.2. The second-order valence-corrected chi connectivity index (χ2v) is 8.94. The van der Waals surface area contributed by atoms with Crippen LogP contribution in [0.4, 0.5) is 0 Å². The molecular weight excluding hydrogens is 432 g/mol. The molecule has 0 bridgehead atoms. The number of aryl methyl sites for hydroxylation is 1. The van der Waals surface area contributed by atoms with E-state index in [9.17, 15) is 4.79 Å². The molecule has 0 aliphatic heterocycles. The van der Waals surface area contributed by atoms with Crippen LogP contribution in [0, 0.1) is 6.07 Å². The monoisotopic (exact) mass is 461 g/mol. The Hall–Kier alpha value is -4.05. The second kappa shape index (κ2) is 10.1. The van der Waals surface area contributed by atoms with E-state index in [0.29, 0.717) is 18.7 Å². The van der Waals surface area contributed by atoms with Crippen molar-refractivity contribution in [1.29, 1.82) is 0 Å². The summed E-state index contributed by atoms with van der Waals surface area (Å²) in [6, 6.07) is 31.9. The first-order valence-corrected chi connectivity index (χ1v) is 12.1. The van der Waals surface area contributed by atoms with Gasteiger partial charge in [0, 0.05) is 22.9 Å². The first-order chi connectivity index (χ1) is 17.1. The SMILES string of the molecule is CCCCc1c[c]c2c3c(C(N)=O)cccc3n(Cc3ccc(OCc4ccccc4)cc3)c2c1. The molecule has 4 nitrogen and oxygen atoms in total. The van der Waals surface area contributed by atoms with E-state index < -0.39 is 5.91 Å². The average molecular weight is 462 g/mol. The van der Waals surface area contributed by atoms with Crippen molar-refractivity contribution < 1.29 is 9.53 Å². The molecule has 175 valence electrons. The number of carbonyl (C=O) groups excluding carboxylic acids is 1. The number of hydrogen-bond donors (Lipinski definition) is 1. The number of unbranched alkanes of at least 4 members (excludes halogenated alkanes) is 1. The molecule has 4 heteroatoms. The fourth-order valence-electron chi connectivity index (χ4n) is 4.61. The topological polar surface area (TPSA) is 57.2 Å². The molecular formula is C31H29N2O2. The lowest BCUT2D eigenvalue weighted by Gasteiger charge is -2.11. The minimum atomic E-state index is -0.418. The molecule has 0 atom stereocenters. The first-order valence-electron chi connectivity index (χ1n) is 12.1. The minimum absolute atomic E-state index is 0.418. The van der Waals surface area contributed by atoms with E-state index in [1.165, 1.54) is 5.56 Å². The highest BCUT2D eigenvalue weighted by molar-refractivity contribution is 6.17. The van der Waals surface area contributed by atoms with Crippen LogP contribution in [0.25, 0.3) is 21.8 Å². The van der Waals surface area contributed by atoms with Crippen molar-refractivity contribution in [2.75, 3.05) is 0 Å². The van der Waals surface area contributed by atoms with Gasteiger partial charge < -0.3 is 15.0 Å². The molecule has 5 rings (SSSR count). The Bertz CT molecular complexity index is 1470. The zero-order valence-corrected chi connectivity index (χ0v) is 20.0. The van der Waals surface area contributed by atoms with Crippen LogP contribution in [-0.4, -0.2) is 10.5 Å². The largest absolute Gasteiger partial charge is 0.489 e. The van der Waals surface area contributed by atoms with Crippen molar-refractivity contribution in [3.8, 4) is 5.75 Å². The Morgan fingerprint density at radius 2 is 1.71 bits per heavy atom. The van der Waals surface area contributed by atoms with Gasteiger partial charge in [-0.15, -0.1) is 0 Å². The highest BCUT2D eigenvalue weighted by Gasteiger charge is 2.17. The minimum Gasteiger partial charge on any atom is -0.489 e. The predicted octanol–water partition coefficient (Wildman–Crippen LogP) is 6.66. The van der Waals surface area contributed by atoms with Crippen molar-refractivity contribution in [3.63, 3.8) is 0 Å². The third kappa shape index (κ3) is 4.78. The number of carbonyl (C=O) groups is 1. The Morgan fingerprint density at radius 1 is 0.914 bits per heavy atom. The van der Waals surface area contributed by atoms with Crippen molar-refractivity contribution in [3.05, 3.63) is 113 Å². The molecule has 0 saturated heterocycles. The number of rotatable bonds is 9. The van der Waals surface area contributed by atoms with E-state index >= 15 is 0 Å². The molecule has 0 unspecified atom stereocenters. The smallest absolute Gasteiger partial charge is 0.249 e. The molecule has 0 spiro atoms. The highest BCUT2D eigenvalue weighted by atomic mass is 16.5. The average Bonchev–Trinajstić information content (AvgIpc) is 3.20. The number of hydrogen-bond acceptors (Lipinski definition) is 2. The van der Waals surface area contributed by atoms with E-state index in [-0.39, 0.29) is 0 Å². The Kier molecular flexibility index (Phi) is 6.53. The lowest BCUT2D eigenvalue weighted by atomic mass is 10.0. The maximum atomic E-state index is 12.2. The Morgan fingerprint density at radius 3 is 2.46 bits per heavy atom. The molecule has 0 aliphatic carbocycles. The summed E-state index contributed by atoms with van der Waals surface area (Å²) in [5, 5.41) is 1.82. The summed E-state index contributed by atoms with van der Waals surface area (Å²) >= 11 is 0. The van der Waals surface area contributed by atoms with Gasteiger partial charge in [-0.05, 0) is 65.9 Å². The maximum absolute atomic E-state index is 12.2. The fraction of sp³-hybridized carbons (Fsp3) is 0.194. The molecule has 1 radical (unpaired) electrons. The van der Waals surface area contributed by atoms with Crippen LogP contribution in [-0.2, 0) is 19.6 Å². The standard InChI is InChI=1S/C31H29N2O2/c1-2-3-8-22-15-18-26-29(19-22)33(28-12-7-11-27(30(26)28)31(32)34)20-23-13-16-25(17-14-23)35-21-24-9-5-4-6-10-24/h4-7,9-17,19H,2-3,8,20-21H2,1H3,(H2,32,34). The molecule has 1 heterocycles. The summed E-state index contributed by atoms with van der Waals surface area (Å²) in [5.41, 5.74) is 11.9. The fourth-order valence-corrected chi connectivity index (χ4v) is 4.61. The van der Waals surface area contributed by atoms with E-state index in [1.54, 1.807) is 6.07 Å². The lowest BCUT2D eigenvalue weighted by molar-refractivity contribution is 0.100. The number of amides is 1. The summed E-state index contributed by atoms with van der Waals surface area (Å²) in [4.78, 5) is 12.2. The molecule has 5 aromatic rings. The van der Waals surface area contributed by atoms with Gasteiger partial charge in [-0.1, -0.05) is 67.9 Å². The van der Waals surface area contributed by atoms with Crippen LogP contribution in [0.2, 0.25) is 0 Å². The third-order valence-electron chi connectivity index (χ3n) is 6.45. The van der Waals surface area contributed by atoms with Crippen LogP contribution in [0.15, 0.2) is 84.9 Å². The van der Waals surface area contributed by atoms with Crippen molar-refractivity contribution in [2.45, 2.75) is 39.3 Å². The number of fused-ring (bicyclic) bond motifs is 3. The molecule has 4 aromatic carbocycles. The number of ether oxygens (including phenoxy) is 1. The van der Waals surface area contributed by atoms with E-state index in [2.05, 4.69) is 60.0 Å². The molecule has 1 amide bonds. The summed E-state index contributed by atoms with van der Waals surface area (Å²) in [6.45, 7) is 3.41. The van der Waals surface area contributed by atoms with Gasteiger partial charge in [-0.2, -0.15) is 0 Å². The quantitative estimate of drug-likeness (QED) is 0.267. The normalized spacial score (nSPS) is 11.2. The summed E-state index contributed by atoms with van der Waals surface area (Å²) in [5.74, 6) is 0.420. The lowest BCUT2D eigenvalue weighted by Crippen LogP contribution is -2.11. The van der Waals surface area contributed by atoms with Crippen LogP contribution in [0.1, 0.15) is 46.8 Å². The van der Waals surface area contributed by atoms with Gasteiger partial charge in [0.05, 0.1) is 11.0 Å². The zero-order valence-electron chi connectivity index (χ0n) is 20.0. The highest BCUT2D eigenvalue weighted by Crippen LogP contribution is 2.33. The Labute approximate surface area is 205 Å². The number of nitrogens with zero attached hydrogens (tertiary/aromatic N) is 1. The molecule has 35 heavy (non-hydrogen) atoms. The van der Waals surface area contributed by atoms with Gasteiger partial charge in [-0.25, -0.2) is 0 Å². The summed E-state index contributed by atoms with van der Waals surface area (Å²) in [7, 11) is 0. The molecule has 0 saturated carbocycles. The van der Waals surface area contributed by atoms with Crippen LogP contribution in [0.5, 0.6) is 5.75 Å². The number of nitrogens with two attached hydrogens (primary N) is 1. The predicted molar refractivity (Wildman–Crippen MR) is 142 cm³/mol. The van der Waals surface area contributed by atoms with Gasteiger partial charge in [0.25, 0.3) is 0 Å². The Balaban J connectivity index is 1.49. The van der Waals surface area contributed by atoms with Gasteiger partial charge in [-0.3, -0.25) is 4.79 Å². The molecule has 2 N–H and O–H groups in total. The summed E-state index contributed by atoms with van der Waals surface area (Å²) < 4.78 is 8.22. The van der Waals surface area contributed by atoms with Gasteiger partial charge in [0.1, 0.15) is 12.4 Å². The molecule has 1 aromatic heterocycles. The van der Waals surface area contributed by atoms with E-state index in [0.717, 1.165) is 57.9 Å². The summed E-state index contributed by atoms with van der Waals surface area (Å²) in [6.07, 6.45) is 3.29. The first kappa shape index (κ1) is 22.7. The second-order valence-electron chi connectivity index (χ2n) is 8.94. The van der Waals surface area contributed by atoms with Crippen LogP contribution in [0.3, 0.4) is 0 Å². The van der Waals surface area contributed by atoms with Gasteiger partial charge in [0.15, 0.2) is 0 Å². The van der Waals surface area contributed by atoms with Crippen molar-refractivity contribution in [2.24, 2.45) is 5.73 Å². The van der Waals surface area contributed by atoms with Gasteiger partial charge in [0.2, 0.25) is 5.91 Å². The molecule has 0 aliphatic rings. The van der Waals surface area contributed by atoms with E-state index in [1.807, 2.05) is 36.4 Å². The van der Waals surface area contributed by atoms with Gasteiger partial charge >= 0.3 is 0 Å². The third-order valence-corrected chi connectivity index (χ3v) is 6.45. The van der Waals surface area contributed by atoms with Crippen LogP contribution >= 0.6 is 0 Å². The maximum Gasteiger partial charge on any atom is 0.249 e.